The van der Waals surface area contributed by atoms with E-state index in [-0.39, 0.29) is 17.9 Å². The molecule has 1 heterocycles. The monoisotopic (exact) mass is 372 g/mol. The van der Waals surface area contributed by atoms with Crippen LogP contribution in [0.2, 0.25) is 0 Å². The average Bonchev–Trinajstić information content (AvgIpc) is 2.81. The SMILES string of the molecule is C[C@@H](NS(=O)C(C)(C)C)c1c(F)c(F)cc2c1OC(C)(CN=[N+]=[N-])C2. The second-order valence-electron chi connectivity index (χ2n) is 7.41. The number of rotatable bonds is 5. The van der Waals surface area contributed by atoms with Gasteiger partial charge in [0.2, 0.25) is 0 Å². The molecular formula is C16H22F2N4O2S. The Kier molecular flexibility index (Phi) is 5.41. The van der Waals surface area contributed by atoms with Gasteiger partial charge in [0.25, 0.3) is 0 Å². The first-order valence-electron chi connectivity index (χ1n) is 7.87. The quantitative estimate of drug-likeness (QED) is 0.479. The van der Waals surface area contributed by atoms with Gasteiger partial charge in [-0.25, -0.2) is 17.7 Å². The van der Waals surface area contributed by atoms with E-state index >= 15 is 0 Å². The summed E-state index contributed by atoms with van der Waals surface area (Å²) in [5.74, 6) is -1.79. The molecule has 0 saturated carbocycles. The number of hydrogen-bond donors (Lipinski definition) is 1. The van der Waals surface area contributed by atoms with E-state index in [1.165, 1.54) is 0 Å². The van der Waals surface area contributed by atoms with Crippen molar-refractivity contribution in [1.29, 1.82) is 0 Å². The van der Waals surface area contributed by atoms with Gasteiger partial charge in [-0.3, -0.25) is 0 Å². The summed E-state index contributed by atoms with van der Waals surface area (Å²) in [6.07, 6.45) is 0.292. The molecule has 0 bridgehead atoms. The average molecular weight is 372 g/mol. The van der Waals surface area contributed by atoms with Crippen molar-refractivity contribution in [2.24, 2.45) is 5.11 Å². The van der Waals surface area contributed by atoms with Crippen molar-refractivity contribution in [1.82, 2.24) is 4.72 Å². The highest BCUT2D eigenvalue weighted by Crippen LogP contribution is 2.42. The largest absolute Gasteiger partial charge is 0.486 e. The van der Waals surface area contributed by atoms with Gasteiger partial charge in [0.05, 0.1) is 27.8 Å². The highest BCUT2D eigenvalue weighted by Gasteiger charge is 2.39. The summed E-state index contributed by atoms with van der Waals surface area (Å²) >= 11 is 0. The fraction of sp³-hybridized carbons (Fsp3) is 0.625. The maximum atomic E-state index is 14.5. The number of halogens is 2. The molecular weight excluding hydrogens is 350 g/mol. The van der Waals surface area contributed by atoms with Gasteiger partial charge >= 0.3 is 0 Å². The second-order valence-corrected chi connectivity index (χ2v) is 9.41. The molecule has 9 heteroatoms. The van der Waals surface area contributed by atoms with Gasteiger partial charge < -0.3 is 4.74 Å². The van der Waals surface area contributed by atoms with Crippen LogP contribution in [0.25, 0.3) is 10.4 Å². The van der Waals surface area contributed by atoms with Gasteiger partial charge in [0, 0.05) is 22.9 Å². The van der Waals surface area contributed by atoms with Crippen molar-refractivity contribution in [3.05, 3.63) is 39.3 Å². The van der Waals surface area contributed by atoms with Crippen molar-refractivity contribution in [3.63, 3.8) is 0 Å². The van der Waals surface area contributed by atoms with Crippen LogP contribution < -0.4 is 9.46 Å². The molecule has 0 fully saturated rings. The Morgan fingerprint density at radius 1 is 1.52 bits per heavy atom. The molecule has 0 aliphatic carbocycles. The normalized spacial score (nSPS) is 21.9. The highest BCUT2D eigenvalue weighted by molar-refractivity contribution is 7.84. The van der Waals surface area contributed by atoms with E-state index in [0.717, 1.165) is 6.07 Å². The second kappa shape index (κ2) is 6.90. The van der Waals surface area contributed by atoms with Crippen molar-refractivity contribution in [2.75, 3.05) is 6.54 Å². The molecule has 1 aliphatic heterocycles. The Hall–Kier alpha value is -1.70. The Labute approximate surface area is 148 Å². The van der Waals surface area contributed by atoms with E-state index < -0.39 is 39.0 Å². The molecule has 2 rings (SSSR count). The molecule has 3 atom stereocenters. The summed E-state index contributed by atoms with van der Waals surface area (Å²) in [5.41, 5.74) is 8.13. The summed E-state index contributed by atoms with van der Waals surface area (Å²) in [6, 6.07) is 0.370. The Morgan fingerprint density at radius 2 is 2.16 bits per heavy atom. The molecule has 0 radical (unpaired) electrons. The maximum Gasteiger partial charge on any atom is 0.167 e. The van der Waals surface area contributed by atoms with Crippen LogP contribution in [0, 0.1) is 11.6 Å². The summed E-state index contributed by atoms with van der Waals surface area (Å²) in [5, 5.41) is 3.51. The maximum absolute atomic E-state index is 14.5. The third-order valence-electron chi connectivity index (χ3n) is 3.94. The van der Waals surface area contributed by atoms with Gasteiger partial charge in [-0.15, -0.1) is 0 Å². The van der Waals surface area contributed by atoms with Gasteiger partial charge in [0.1, 0.15) is 11.4 Å². The van der Waals surface area contributed by atoms with E-state index in [4.69, 9.17) is 10.3 Å². The van der Waals surface area contributed by atoms with Crippen LogP contribution in [0.3, 0.4) is 0 Å². The van der Waals surface area contributed by atoms with E-state index in [0.29, 0.717) is 12.0 Å². The lowest BCUT2D eigenvalue weighted by Crippen LogP contribution is -2.36. The Morgan fingerprint density at radius 3 is 2.72 bits per heavy atom. The topological polar surface area (TPSA) is 87.1 Å². The molecule has 0 spiro atoms. The van der Waals surface area contributed by atoms with Crippen LogP contribution in [0.15, 0.2) is 11.2 Å². The van der Waals surface area contributed by atoms with E-state index in [2.05, 4.69) is 14.7 Å². The predicted octanol–water partition coefficient (Wildman–Crippen LogP) is 4.08. The summed E-state index contributed by atoms with van der Waals surface area (Å²) in [7, 11) is -1.46. The molecule has 138 valence electrons. The van der Waals surface area contributed by atoms with Gasteiger partial charge in [-0.2, -0.15) is 0 Å². The molecule has 1 aromatic rings. The lowest BCUT2D eigenvalue weighted by atomic mass is 9.97. The lowest BCUT2D eigenvalue weighted by molar-refractivity contribution is 0.123. The van der Waals surface area contributed by atoms with Gasteiger partial charge in [-0.05, 0) is 46.2 Å². The molecule has 0 amide bonds. The third-order valence-corrected chi connectivity index (χ3v) is 5.62. The molecule has 1 aromatic carbocycles. The van der Waals surface area contributed by atoms with Gasteiger partial charge in [-0.1, -0.05) is 5.11 Å². The van der Waals surface area contributed by atoms with E-state index in [9.17, 15) is 13.0 Å². The molecule has 1 aliphatic rings. The molecule has 2 unspecified atom stereocenters. The number of benzene rings is 1. The van der Waals surface area contributed by atoms with Crippen LogP contribution in [0.4, 0.5) is 8.78 Å². The number of hydrogen-bond acceptors (Lipinski definition) is 3. The van der Waals surface area contributed by atoms with Crippen LogP contribution in [-0.4, -0.2) is 21.1 Å². The Balaban J connectivity index is 2.41. The Bertz CT molecular complexity index is 759. The number of nitrogens with zero attached hydrogens (tertiary/aromatic N) is 3. The third kappa shape index (κ3) is 4.11. The first-order chi connectivity index (χ1) is 11.5. The minimum Gasteiger partial charge on any atom is -0.486 e. The van der Waals surface area contributed by atoms with E-state index in [1.54, 1.807) is 34.6 Å². The molecule has 25 heavy (non-hydrogen) atoms. The van der Waals surface area contributed by atoms with Gasteiger partial charge in [0.15, 0.2) is 11.6 Å². The van der Waals surface area contributed by atoms with Crippen LogP contribution in [0.1, 0.15) is 51.8 Å². The number of nitrogens with one attached hydrogen (secondary N) is 1. The van der Waals surface area contributed by atoms with Crippen molar-refractivity contribution < 1.29 is 17.7 Å². The lowest BCUT2D eigenvalue weighted by Gasteiger charge is -2.25. The molecule has 0 saturated heterocycles. The summed E-state index contributed by atoms with van der Waals surface area (Å²) in [6.45, 7) is 8.70. The number of azide groups is 1. The molecule has 1 N–H and O–H groups in total. The van der Waals surface area contributed by atoms with Crippen molar-refractivity contribution in [3.8, 4) is 5.75 Å². The molecule has 0 aromatic heterocycles. The smallest absolute Gasteiger partial charge is 0.167 e. The molecule has 6 nitrogen and oxygen atoms in total. The minimum absolute atomic E-state index is 0.00253. The van der Waals surface area contributed by atoms with Crippen LogP contribution in [0.5, 0.6) is 5.75 Å². The summed E-state index contributed by atoms with van der Waals surface area (Å²) < 4.78 is 48.9. The fourth-order valence-corrected chi connectivity index (χ4v) is 3.47. The first kappa shape index (κ1) is 19.6. The zero-order valence-electron chi connectivity index (χ0n) is 14.9. The minimum atomic E-state index is -1.46. The summed E-state index contributed by atoms with van der Waals surface area (Å²) in [4.78, 5) is 2.71. The van der Waals surface area contributed by atoms with Crippen molar-refractivity contribution >= 4 is 11.0 Å². The zero-order chi connectivity index (χ0) is 19.0. The zero-order valence-corrected chi connectivity index (χ0v) is 15.7. The van der Waals surface area contributed by atoms with Crippen LogP contribution in [-0.2, 0) is 17.4 Å². The standard InChI is InChI=1S/C16H22F2N4O2S/c1-9(21-25(23)15(2,3)4)12-13(18)11(17)6-10-7-16(5,8-20-22-19)24-14(10)12/h6,9,21H,7-8H2,1-5H3/t9-,16?,25?/m1/s1. The fourth-order valence-electron chi connectivity index (χ4n) is 2.67. The number of fused-ring (bicyclic) bond motifs is 1. The number of ether oxygens (including phenoxy) is 1. The van der Waals surface area contributed by atoms with Crippen molar-refractivity contribution in [2.45, 2.75) is 57.4 Å². The predicted molar refractivity (Wildman–Crippen MR) is 92.6 cm³/mol. The highest BCUT2D eigenvalue weighted by atomic mass is 32.2. The van der Waals surface area contributed by atoms with E-state index in [1.807, 2.05) is 0 Å². The van der Waals surface area contributed by atoms with Crippen LogP contribution >= 0.6 is 0 Å². The first-order valence-corrected chi connectivity index (χ1v) is 9.02.